The Morgan fingerprint density at radius 2 is 2.05 bits per heavy atom. The number of rotatable bonds is 7. The number of carbonyl (C=O) groups is 2. The highest BCUT2D eigenvalue weighted by Gasteiger charge is 2.09. The van der Waals surface area contributed by atoms with Crippen LogP contribution < -0.4 is 15.8 Å². The van der Waals surface area contributed by atoms with E-state index in [1.807, 2.05) is 30.3 Å². The van der Waals surface area contributed by atoms with Crippen molar-refractivity contribution in [2.45, 2.75) is 12.8 Å². The van der Waals surface area contributed by atoms with Crippen LogP contribution in [-0.2, 0) is 4.79 Å². The van der Waals surface area contributed by atoms with Crippen LogP contribution in [0.15, 0.2) is 36.5 Å². The van der Waals surface area contributed by atoms with Gasteiger partial charge in [0.25, 0.3) is 5.91 Å². The first-order chi connectivity index (χ1) is 10.1. The lowest BCUT2D eigenvalue weighted by Crippen LogP contribution is -2.12. The average molecular weight is 305 g/mol. The largest absolute Gasteiger partial charge is 0.494 e. The topological polar surface area (TPSA) is 94.3 Å². The van der Waals surface area contributed by atoms with E-state index in [2.05, 4.69) is 10.3 Å². The molecular weight excluding hydrogens is 290 g/mol. The number of primary amides is 1. The van der Waals surface area contributed by atoms with Crippen molar-refractivity contribution in [1.29, 1.82) is 0 Å². The lowest BCUT2D eigenvalue weighted by atomic mass is 10.3. The molecule has 1 aromatic carbocycles. The fraction of sp³-hybridized carbons (Fsp3) is 0.214. The summed E-state index contributed by atoms with van der Waals surface area (Å²) in [6.45, 7) is 0.460. The Bertz CT molecular complexity index is 613. The third-order valence-electron chi connectivity index (χ3n) is 2.56. The number of nitrogens with two attached hydrogens (primary N) is 1. The maximum absolute atomic E-state index is 11.7. The zero-order valence-electron chi connectivity index (χ0n) is 11.2. The van der Waals surface area contributed by atoms with Crippen molar-refractivity contribution in [2.24, 2.45) is 5.73 Å². The number of hydrogen-bond acceptors (Lipinski definition) is 5. The van der Waals surface area contributed by atoms with Crippen LogP contribution >= 0.6 is 11.3 Å². The summed E-state index contributed by atoms with van der Waals surface area (Å²) >= 11 is 1.06. The number of nitrogens with zero attached hydrogens (tertiary/aromatic N) is 1. The van der Waals surface area contributed by atoms with Crippen LogP contribution in [0.4, 0.5) is 5.13 Å². The van der Waals surface area contributed by atoms with Gasteiger partial charge in [-0.25, -0.2) is 4.98 Å². The van der Waals surface area contributed by atoms with Crippen LogP contribution in [0, 0.1) is 0 Å². The smallest absolute Gasteiger partial charge is 0.260 e. The predicted octanol–water partition coefficient (Wildman–Crippen LogP) is 2.04. The zero-order valence-corrected chi connectivity index (χ0v) is 12.1. The molecule has 7 heteroatoms. The number of ether oxygens (including phenoxy) is 1. The normalized spacial score (nSPS) is 10.1. The minimum Gasteiger partial charge on any atom is -0.494 e. The van der Waals surface area contributed by atoms with Gasteiger partial charge in [-0.15, -0.1) is 0 Å². The van der Waals surface area contributed by atoms with E-state index in [4.69, 9.17) is 10.5 Å². The van der Waals surface area contributed by atoms with Gasteiger partial charge in [-0.3, -0.25) is 9.59 Å². The van der Waals surface area contributed by atoms with E-state index in [0.29, 0.717) is 29.5 Å². The summed E-state index contributed by atoms with van der Waals surface area (Å²) in [4.78, 5) is 26.8. The molecular formula is C14H15N3O3S. The molecule has 0 unspecified atom stereocenters. The Kier molecular flexibility index (Phi) is 5.28. The molecule has 0 spiro atoms. The monoisotopic (exact) mass is 305 g/mol. The third-order valence-corrected chi connectivity index (χ3v) is 3.48. The van der Waals surface area contributed by atoms with Gasteiger partial charge in [-0.2, -0.15) is 0 Å². The van der Waals surface area contributed by atoms with Gasteiger partial charge in [-0.1, -0.05) is 29.5 Å². The molecule has 0 bridgehead atoms. The third kappa shape index (κ3) is 4.88. The molecule has 0 saturated carbocycles. The molecule has 0 radical (unpaired) electrons. The van der Waals surface area contributed by atoms with Crippen molar-refractivity contribution in [3.63, 3.8) is 0 Å². The second kappa shape index (κ2) is 7.39. The highest BCUT2D eigenvalue weighted by Crippen LogP contribution is 2.17. The molecule has 0 fully saturated rings. The number of carbonyl (C=O) groups excluding carboxylic acids is 2. The molecule has 1 aromatic heterocycles. The number of para-hydroxylation sites is 1. The fourth-order valence-corrected chi connectivity index (χ4v) is 2.25. The molecule has 2 aromatic rings. The van der Waals surface area contributed by atoms with Crippen LogP contribution in [0.25, 0.3) is 0 Å². The van der Waals surface area contributed by atoms with Crippen molar-refractivity contribution < 1.29 is 14.3 Å². The van der Waals surface area contributed by atoms with Crippen molar-refractivity contribution >= 4 is 28.3 Å². The van der Waals surface area contributed by atoms with E-state index in [-0.39, 0.29) is 5.91 Å². The quantitative estimate of drug-likeness (QED) is 0.765. The predicted molar refractivity (Wildman–Crippen MR) is 80.4 cm³/mol. The molecule has 0 atom stereocenters. The first-order valence-corrected chi connectivity index (χ1v) is 7.20. The van der Waals surface area contributed by atoms with Gasteiger partial charge in [0.05, 0.1) is 12.8 Å². The Hall–Kier alpha value is -2.41. The van der Waals surface area contributed by atoms with Gasteiger partial charge in [0.2, 0.25) is 5.91 Å². The standard InChI is InChI=1S/C14H15N3O3S/c15-13(19)11-9-16-14(21-11)17-12(18)7-4-8-20-10-5-2-1-3-6-10/h1-3,5-6,9H,4,7-8H2,(H2,15,19)(H,16,17,18). The van der Waals surface area contributed by atoms with Crippen LogP contribution in [0.5, 0.6) is 5.75 Å². The van der Waals surface area contributed by atoms with Crippen molar-refractivity contribution in [1.82, 2.24) is 4.98 Å². The van der Waals surface area contributed by atoms with Crippen LogP contribution in [-0.4, -0.2) is 23.4 Å². The fourth-order valence-electron chi connectivity index (χ4n) is 1.57. The molecule has 1 heterocycles. The van der Waals surface area contributed by atoms with E-state index in [9.17, 15) is 9.59 Å². The zero-order chi connectivity index (χ0) is 15.1. The van der Waals surface area contributed by atoms with E-state index in [1.54, 1.807) is 0 Å². The molecule has 110 valence electrons. The van der Waals surface area contributed by atoms with Crippen LogP contribution in [0.3, 0.4) is 0 Å². The average Bonchev–Trinajstić information content (AvgIpc) is 2.93. The maximum Gasteiger partial charge on any atom is 0.260 e. The van der Waals surface area contributed by atoms with Gasteiger partial charge in [-0.05, 0) is 18.6 Å². The lowest BCUT2D eigenvalue weighted by Gasteiger charge is -2.05. The Balaban J connectivity index is 1.68. The summed E-state index contributed by atoms with van der Waals surface area (Å²) in [7, 11) is 0. The summed E-state index contributed by atoms with van der Waals surface area (Å²) in [5, 5.41) is 2.99. The minimum atomic E-state index is -0.552. The highest BCUT2D eigenvalue weighted by molar-refractivity contribution is 7.17. The molecule has 0 aliphatic carbocycles. The molecule has 21 heavy (non-hydrogen) atoms. The summed E-state index contributed by atoms with van der Waals surface area (Å²) < 4.78 is 5.49. The SMILES string of the molecule is NC(=O)c1cnc(NC(=O)CCCOc2ccccc2)s1. The number of anilines is 1. The van der Waals surface area contributed by atoms with Crippen LogP contribution in [0.2, 0.25) is 0 Å². The number of nitrogens with one attached hydrogen (secondary N) is 1. The lowest BCUT2D eigenvalue weighted by molar-refractivity contribution is -0.116. The Morgan fingerprint density at radius 1 is 1.29 bits per heavy atom. The van der Waals surface area contributed by atoms with E-state index >= 15 is 0 Å². The van der Waals surface area contributed by atoms with E-state index in [1.165, 1.54) is 6.20 Å². The molecule has 0 aliphatic heterocycles. The van der Waals surface area contributed by atoms with Crippen molar-refractivity contribution in [3.8, 4) is 5.75 Å². The molecule has 2 amide bonds. The Labute approximate surface area is 125 Å². The molecule has 3 N–H and O–H groups in total. The molecule has 6 nitrogen and oxygen atoms in total. The summed E-state index contributed by atoms with van der Waals surface area (Å²) in [6.07, 6.45) is 2.26. The van der Waals surface area contributed by atoms with Gasteiger partial charge >= 0.3 is 0 Å². The molecule has 0 saturated heterocycles. The maximum atomic E-state index is 11.7. The van der Waals surface area contributed by atoms with Crippen LogP contribution in [0.1, 0.15) is 22.5 Å². The number of hydrogen-bond donors (Lipinski definition) is 2. The second-order valence-corrected chi connectivity index (χ2v) is 5.24. The van der Waals surface area contributed by atoms with Gasteiger partial charge in [0.1, 0.15) is 10.6 Å². The molecule has 0 aliphatic rings. The summed E-state index contributed by atoms with van der Waals surface area (Å²) in [5.41, 5.74) is 5.11. The number of benzene rings is 1. The number of thiazole rings is 1. The molecule has 2 rings (SSSR count). The van der Waals surface area contributed by atoms with Crippen molar-refractivity contribution in [3.05, 3.63) is 41.4 Å². The Morgan fingerprint density at radius 3 is 2.71 bits per heavy atom. The van der Waals surface area contributed by atoms with Crippen molar-refractivity contribution in [2.75, 3.05) is 11.9 Å². The van der Waals surface area contributed by atoms with E-state index < -0.39 is 5.91 Å². The van der Waals surface area contributed by atoms with E-state index in [0.717, 1.165) is 17.1 Å². The number of aromatic nitrogens is 1. The first kappa shape index (κ1) is 15.0. The van der Waals surface area contributed by atoms with Gasteiger partial charge in [0, 0.05) is 6.42 Å². The highest BCUT2D eigenvalue weighted by atomic mass is 32.1. The minimum absolute atomic E-state index is 0.169. The second-order valence-electron chi connectivity index (χ2n) is 4.21. The summed E-state index contributed by atoms with van der Waals surface area (Å²) in [5.74, 6) is 0.0604. The first-order valence-electron chi connectivity index (χ1n) is 6.38. The van der Waals surface area contributed by atoms with Gasteiger partial charge < -0.3 is 15.8 Å². The number of amides is 2. The summed E-state index contributed by atoms with van der Waals surface area (Å²) in [6, 6.07) is 9.42. The van der Waals surface area contributed by atoms with Gasteiger partial charge in [0.15, 0.2) is 5.13 Å².